The molecule has 8 heteroatoms. The van der Waals surface area contributed by atoms with Gasteiger partial charge in [-0.3, -0.25) is 0 Å². The van der Waals surface area contributed by atoms with Crippen LogP contribution in [0.15, 0.2) is 23.3 Å². The number of allylic oxidation sites excluding steroid dienone is 3. The maximum Gasteiger partial charge on any atom is 0.330 e. The molecule has 0 aromatic rings. The summed E-state index contributed by atoms with van der Waals surface area (Å²) in [5.74, 6) is 2.33. The van der Waals surface area contributed by atoms with Crippen molar-refractivity contribution in [2.24, 2.45) is 40.4 Å². The Hall–Kier alpha value is -1.29. The molecule has 4 aliphatic rings. The monoisotopic (exact) mass is 592 g/mol. The smallest absolute Gasteiger partial charge is 0.330 e. The highest BCUT2D eigenvalue weighted by molar-refractivity contribution is 5.81. The Morgan fingerprint density at radius 1 is 1.07 bits per heavy atom. The molecule has 2 fully saturated rings. The number of rotatable bonds is 12. The molecular formula is C34H56O8. The zero-order chi connectivity index (χ0) is 30.8. The summed E-state index contributed by atoms with van der Waals surface area (Å²) in [5.41, 5.74) is 3.89. The van der Waals surface area contributed by atoms with Gasteiger partial charge in [0, 0.05) is 6.08 Å². The molecule has 240 valence electrons. The van der Waals surface area contributed by atoms with Gasteiger partial charge in [-0.2, -0.15) is 0 Å². The SMILES string of the molecule is COC(=O)/C=C/CC[C@@H](C)C1CCC2C3=C(CCC21C)C1(C)CCC(OC(OC(CO)C(C)O)C(O)O)C(C)C1CC3. The zero-order valence-electron chi connectivity index (χ0n) is 26.6. The lowest BCUT2D eigenvalue weighted by molar-refractivity contribution is -0.304. The molecule has 8 nitrogen and oxygen atoms in total. The molecule has 0 aromatic carbocycles. The van der Waals surface area contributed by atoms with E-state index >= 15 is 0 Å². The van der Waals surface area contributed by atoms with Crippen LogP contribution in [0, 0.1) is 40.4 Å². The number of esters is 1. The van der Waals surface area contributed by atoms with E-state index < -0.39 is 31.4 Å². The normalized spacial score (nSPS) is 37.6. The Morgan fingerprint density at radius 2 is 1.81 bits per heavy atom. The highest BCUT2D eigenvalue weighted by atomic mass is 16.7. The van der Waals surface area contributed by atoms with Crippen LogP contribution in [0.2, 0.25) is 0 Å². The number of carbonyl (C=O) groups excluding carboxylic acids is 1. The van der Waals surface area contributed by atoms with Crippen molar-refractivity contribution in [3.8, 4) is 0 Å². The topological polar surface area (TPSA) is 126 Å². The molecule has 0 spiro atoms. The highest BCUT2D eigenvalue weighted by Crippen LogP contribution is 2.66. The molecule has 42 heavy (non-hydrogen) atoms. The summed E-state index contributed by atoms with van der Waals surface area (Å²) in [6, 6.07) is 0. The molecular weight excluding hydrogens is 536 g/mol. The summed E-state index contributed by atoms with van der Waals surface area (Å²) in [6.07, 6.45) is 9.18. The van der Waals surface area contributed by atoms with Gasteiger partial charge >= 0.3 is 5.97 Å². The molecule has 4 N–H and O–H groups in total. The lowest BCUT2D eigenvalue weighted by Gasteiger charge is -2.57. The Kier molecular flexibility index (Phi) is 11.0. The van der Waals surface area contributed by atoms with Crippen LogP contribution in [0.25, 0.3) is 0 Å². The van der Waals surface area contributed by atoms with Crippen molar-refractivity contribution < 1.29 is 39.4 Å². The summed E-state index contributed by atoms with van der Waals surface area (Å²) >= 11 is 0. The predicted octanol–water partition coefficient (Wildman–Crippen LogP) is 4.88. The molecule has 11 atom stereocenters. The minimum Gasteiger partial charge on any atom is -0.466 e. The average molecular weight is 593 g/mol. The summed E-state index contributed by atoms with van der Waals surface area (Å²) in [7, 11) is 1.41. The molecule has 0 bridgehead atoms. The van der Waals surface area contributed by atoms with Gasteiger partial charge in [-0.05, 0) is 112 Å². The third kappa shape index (κ3) is 6.54. The van der Waals surface area contributed by atoms with Crippen LogP contribution < -0.4 is 0 Å². The second kappa shape index (κ2) is 13.8. The van der Waals surface area contributed by atoms with Crippen molar-refractivity contribution in [1.82, 2.24) is 0 Å². The number of hydrogen-bond acceptors (Lipinski definition) is 8. The first-order chi connectivity index (χ1) is 19.9. The Labute approximate surface area is 252 Å². The fourth-order valence-corrected chi connectivity index (χ4v) is 9.70. The molecule has 0 aromatic heterocycles. The Morgan fingerprint density at radius 3 is 2.45 bits per heavy atom. The van der Waals surface area contributed by atoms with Gasteiger partial charge in [-0.25, -0.2) is 4.79 Å². The first-order valence-electron chi connectivity index (χ1n) is 16.3. The fourth-order valence-electron chi connectivity index (χ4n) is 9.70. The van der Waals surface area contributed by atoms with Crippen molar-refractivity contribution in [1.29, 1.82) is 0 Å². The summed E-state index contributed by atoms with van der Waals surface area (Å²) in [4.78, 5) is 11.4. The van der Waals surface area contributed by atoms with Gasteiger partial charge < -0.3 is 34.6 Å². The van der Waals surface area contributed by atoms with Crippen molar-refractivity contribution in [2.75, 3.05) is 13.7 Å². The van der Waals surface area contributed by atoms with Gasteiger partial charge in [0.05, 0.1) is 25.9 Å². The third-order valence-electron chi connectivity index (χ3n) is 12.0. The Bertz CT molecular complexity index is 990. The standard InChI is InChI=1S/C34H56O8/c1-20(9-7-8-10-30(37)40-6)24-13-14-26-23-11-12-25-21(2)28(41-32(31(38)39)42-29(19-35)22(3)36)16-18-34(25,5)27(23)15-17-33(24,26)4/h8,10,20-22,24-26,28-29,31-32,35-36,38-39H,7,9,11-19H2,1-6H3/b10-8+/t20-,21?,22?,24?,25?,26?,28?,29?,32?,33?,34?/m1/s1. The molecule has 0 heterocycles. The fraction of sp³-hybridized carbons (Fsp3) is 0.853. The molecule has 10 unspecified atom stereocenters. The maximum atomic E-state index is 11.4. The van der Waals surface area contributed by atoms with E-state index in [0.717, 1.165) is 44.9 Å². The molecule has 0 amide bonds. The molecule has 0 saturated heterocycles. The van der Waals surface area contributed by atoms with Crippen LogP contribution in [0.4, 0.5) is 0 Å². The van der Waals surface area contributed by atoms with E-state index in [0.29, 0.717) is 29.1 Å². The minimum atomic E-state index is -1.86. The van der Waals surface area contributed by atoms with Crippen LogP contribution in [0.1, 0.15) is 98.8 Å². The molecule has 0 aliphatic heterocycles. The molecule has 2 saturated carbocycles. The average Bonchev–Trinajstić information content (AvgIpc) is 3.31. The molecule has 4 aliphatic carbocycles. The van der Waals surface area contributed by atoms with Gasteiger partial charge in [-0.15, -0.1) is 0 Å². The molecule has 0 radical (unpaired) electrons. The van der Waals surface area contributed by atoms with Crippen LogP contribution in [0.3, 0.4) is 0 Å². The van der Waals surface area contributed by atoms with Gasteiger partial charge in [-0.1, -0.05) is 44.9 Å². The quantitative estimate of drug-likeness (QED) is 0.109. The molecule has 4 rings (SSSR count). The summed E-state index contributed by atoms with van der Waals surface area (Å²) in [6.45, 7) is 10.7. The number of ether oxygens (including phenoxy) is 3. The number of methoxy groups -OCH3 is 1. The van der Waals surface area contributed by atoms with E-state index in [-0.39, 0.29) is 23.4 Å². The van der Waals surface area contributed by atoms with Crippen LogP contribution in [0.5, 0.6) is 0 Å². The van der Waals surface area contributed by atoms with Crippen molar-refractivity contribution in [2.45, 2.75) is 130 Å². The first kappa shape index (κ1) is 33.6. The number of fused-ring (bicyclic) bond motifs is 4. The van der Waals surface area contributed by atoms with Crippen LogP contribution in [-0.4, -0.2) is 71.0 Å². The second-order valence-corrected chi connectivity index (χ2v) is 14.2. The van der Waals surface area contributed by atoms with Gasteiger partial charge in [0.15, 0.2) is 0 Å². The first-order valence-corrected chi connectivity index (χ1v) is 16.3. The van der Waals surface area contributed by atoms with E-state index in [9.17, 15) is 25.2 Å². The third-order valence-corrected chi connectivity index (χ3v) is 12.0. The Balaban J connectivity index is 1.45. The van der Waals surface area contributed by atoms with E-state index in [1.807, 2.05) is 6.08 Å². The van der Waals surface area contributed by atoms with E-state index in [1.54, 1.807) is 17.2 Å². The lowest BCUT2D eigenvalue weighted by atomic mass is 9.49. The van der Waals surface area contributed by atoms with Crippen LogP contribution >= 0.6 is 0 Å². The van der Waals surface area contributed by atoms with Gasteiger partial charge in [0.25, 0.3) is 0 Å². The number of aliphatic hydroxyl groups is 4. The van der Waals surface area contributed by atoms with E-state index in [1.165, 1.54) is 33.3 Å². The maximum absolute atomic E-state index is 11.4. The summed E-state index contributed by atoms with van der Waals surface area (Å²) in [5, 5.41) is 39.4. The van der Waals surface area contributed by atoms with Crippen molar-refractivity contribution in [3.05, 3.63) is 23.3 Å². The number of aliphatic hydroxyl groups excluding tert-OH is 3. The minimum absolute atomic E-state index is 0.123. The van der Waals surface area contributed by atoms with Crippen molar-refractivity contribution >= 4 is 5.97 Å². The zero-order valence-corrected chi connectivity index (χ0v) is 26.6. The number of hydrogen-bond donors (Lipinski definition) is 4. The second-order valence-electron chi connectivity index (χ2n) is 14.2. The van der Waals surface area contributed by atoms with Crippen LogP contribution in [-0.2, 0) is 19.0 Å². The van der Waals surface area contributed by atoms with E-state index in [4.69, 9.17) is 14.2 Å². The van der Waals surface area contributed by atoms with Gasteiger partial charge in [0.2, 0.25) is 12.6 Å². The largest absolute Gasteiger partial charge is 0.466 e. The number of carbonyl (C=O) groups is 1. The van der Waals surface area contributed by atoms with E-state index in [2.05, 4.69) is 27.7 Å². The lowest BCUT2D eigenvalue weighted by Crippen LogP contribution is -2.51. The predicted molar refractivity (Wildman–Crippen MR) is 160 cm³/mol. The van der Waals surface area contributed by atoms with Gasteiger partial charge in [0.1, 0.15) is 6.10 Å². The highest BCUT2D eigenvalue weighted by Gasteiger charge is 2.57. The summed E-state index contributed by atoms with van der Waals surface area (Å²) < 4.78 is 16.5. The van der Waals surface area contributed by atoms with Crippen molar-refractivity contribution in [3.63, 3.8) is 0 Å².